The van der Waals surface area contributed by atoms with Gasteiger partial charge in [0, 0.05) is 34.4 Å². The van der Waals surface area contributed by atoms with Crippen molar-refractivity contribution in [3.8, 4) is 11.5 Å². The van der Waals surface area contributed by atoms with Gasteiger partial charge < -0.3 is 10.5 Å². The van der Waals surface area contributed by atoms with Gasteiger partial charge in [-0.1, -0.05) is 0 Å². The molecule has 3 aromatic rings. The highest BCUT2D eigenvalue weighted by atomic mass is 19.1. The van der Waals surface area contributed by atoms with E-state index in [2.05, 4.69) is 4.98 Å². The van der Waals surface area contributed by atoms with Crippen molar-refractivity contribution in [2.45, 2.75) is 6.92 Å². The Morgan fingerprint density at radius 3 is 2.62 bits per heavy atom. The van der Waals surface area contributed by atoms with Crippen LogP contribution in [-0.4, -0.2) is 4.98 Å². The molecule has 0 aliphatic heterocycles. The Bertz CT molecular complexity index is 834. The lowest BCUT2D eigenvalue weighted by atomic mass is 10.1. The highest BCUT2D eigenvalue weighted by Gasteiger charge is 2.11. The summed E-state index contributed by atoms with van der Waals surface area (Å²) >= 11 is 0. The summed E-state index contributed by atoms with van der Waals surface area (Å²) in [4.78, 5) is 4.18. The summed E-state index contributed by atoms with van der Waals surface area (Å²) in [6.07, 6.45) is 1.63. The topological polar surface area (TPSA) is 48.1 Å². The zero-order valence-corrected chi connectivity index (χ0v) is 11.2. The van der Waals surface area contributed by atoms with Crippen molar-refractivity contribution in [3.63, 3.8) is 0 Å². The Labute approximate surface area is 120 Å². The molecule has 1 aromatic heterocycles. The number of fused-ring (bicyclic) bond motifs is 1. The van der Waals surface area contributed by atoms with Crippen LogP contribution in [0.2, 0.25) is 0 Å². The normalized spacial score (nSPS) is 10.8. The summed E-state index contributed by atoms with van der Waals surface area (Å²) in [6.45, 7) is 1.83. The second-order valence-electron chi connectivity index (χ2n) is 4.70. The molecule has 5 heteroatoms. The Balaban J connectivity index is 2.14. The summed E-state index contributed by atoms with van der Waals surface area (Å²) in [5.41, 5.74) is 7.21. The zero-order chi connectivity index (χ0) is 15.0. The van der Waals surface area contributed by atoms with E-state index in [4.69, 9.17) is 10.5 Å². The maximum absolute atomic E-state index is 13.7. The van der Waals surface area contributed by atoms with Gasteiger partial charge in [0.2, 0.25) is 0 Å². The summed E-state index contributed by atoms with van der Waals surface area (Å²) in [6, 6.07) is 8.13. The Hall–Kier alpha value is -2.69. The minimum absolute atomic E-state index is 0.171. The highest BCUT2D eigenvalue weighted by Crippen LogP contribution is 2.34. The third-order valence-electron chi connectivity index (χ3n) is 3.14. The van der Waals surface area contributed by atoms with Gasteiger partial charge in [-0.2, -0.15) is 0 Å². The molecule has 0 atom stereocenters. The van der Waals surface area contributed by atoms with Gasteiger partial charge in [0.25, 0.3) is 0 Å². The fourth-order valence-corrected chi connectivity index (χ4v) is 2.10. The Morgan fingerprint density at radius 1 is 1.00 bits per heavy atom. The third kappa shape index (κ3) is 2.50. The minimum Gasteiger partial charge on any atom is -0.454 e. The molecule has 3 nitrogen and oxygen atoms in total. The van der Waals surface area contributed by atoms with Crippen LogP contribution in [0.3, 0.4) is 0 Å². The van der Waals surface area contributed by atoms with E-state index in [0.29, 0.717) is 22.2 Å². The fraction of sp³-hybridized carbons (Fsp3) is 0.0625. The quantitative estimate of drug-likeness (QED) is 0.718. The van der Waals surface area contributed by atoms with Crippen molar-refractivity contribution in [2.24, 2.45) is 0 Å². The van der Waals surface area contributed by atoms with Crippen molar-refractivity contribution >= 4 is 16.5 Å². The lowest BCUT2D eigenvalue weighted by Crippen LogP contribution is -1.94. The van der Waals surface area contributed by atoms with Crippen LogP contribution in [0, 0.1) is 18.6 Å². The molecule has 0 spiro atoms. The lowest BCUT2D eigenvalue weighted by molar-refractivity contribution is 0.440. The number of anilines is 1. The van der Waals surface area contributed by atoms with Crippen molar-refractivity contribution in [2.75, 3.05) is 5.73 Å². The SMILES string of the molecule is Cc1cc2c(Oc3cc(F)ccc3F)ccc(N)c2cn1. The molecule has 0 unspecified atom stereocenters. The average Bonchev–Trinajstić information content (AvgIpc) is 2.46. The maximum Gasteiger partial charge on any atom is 0.166 e. The van der Waals surface area contributed by atoms with Gasteiger partial charge in [0.05, 0.1) is 0 Å². The number of nitrogens with two attached hydrogens (primary N) is 1. The van der Waals surface area contributed by atoms with E-state index in [0.717, 1.165) is 23.9 Å². The van der Waals surface area contributed by atoms with Crippen LogP contribution in [0.4, 0.5) is 14.5 Å². The zero-order valence-electron chi connectivity index (χ0n) is 11.2. The van der Waals surface area contributed by atoms with E-state index in [1.54, 1.807) is 24.4 Å². The van der Waals surface area contributed by atoms with Gasteiger partial charge in [-0.3, -0.25) is 4.98 Å². The number of pyridine rings is 1. The molecular formula is C16H12F2N2O. The number of hydrogen-bond donors (Lipinski definition) is 1. The van der Waals surface area contributed by atoms with E-state index >= 15 is 0 Å². The molecular weight excluding hydrogens is 274 g/mol. The molecule has 0 amide bonds. The van der Waals surface area contributed by atoms with E-state index in [9.17, 15) is 8.78 Å². The molecule has 106 valence electrons. The number of nitrogens with zero attached hydrogens (tertiary/aromatic N) is 1. The van der Waals surface area contributed by atoms with Crippen molar-refractivity contribution in [3.05, 3.63) is 59.9 Å². The number of ether oxygens (including phenoxy) is 1. The second-order valence-corrected chi connectivity index (χ2v) is 4.70. The molecule has 1 heterocycles. The number of hydrogen-bond acceptors (Lipinski definition) is 3. The van der Waals surface area contributed by atoms with Crippen LogP contribution in [-0.2, 0) is 0 Å². The standard InChI is InChI=1S/C16H12F2N2O/c1-9-6-11-12(8-20-9)14(19)4-5-15(11)21-16-7-10(17)2-3-13(16)18/h2-8H,19H2,1H3. The summed E-state index contributed by atoms with van der Waals surface area (Å²) in [5, 5.41) is 1.40. The predicted molar refractivity (Wildman–Crippen MR) is 77.3 cm³/mol. The molecule has 3 rings (SSSR count). The summed E-state index contributed by atoms with van der Waals surface area (Å²) in [5.74, 6) is -0.971. The molecule has 0 bridgehead atoms. The van der Waals surface area contributed by atoms with Gasteiger partial charge in [0.1, 0.15) is 11.6 Å². The number of benzene rings is 2. The Kier molecular flexibility index (Phi) is 3.17. The van der Waals surface area contributed by atoms with Gasteiger partial charge in [-0.25, -0.2) is 8.78 Å². The number of aromatic nitrogens is 1. The first-order valence-electron chi connectivity index (χ1n) is 6.32. The maximum atomic E-state index is 13.7. The molecule has 2 N–H and O–H groups in total. The Morgan fingerprint density at radius 2 is 1.81 bits per heavy atom. The van der Waals surface area contributed by atoms with E-state index in [-0.39, 0.29) is 5.75 Å². The first-order valence-corrected chi connectivity index (χ1v) is 6.32. The second kappa shape index (κ2) is 5.01. The molecule has 0 aliphatic rings. The lowest BCUT2D eigenvalue weighted by Gasteiger charge is -2.11. The van der Waals surface area contributed by atoms with Crippen molar-refractivity contribution < 1.29 is 13.5 Å². The summed E-state index contributed by atoms with van der Waals surface area (Å²) < 4.78 is 32.4. The molecule has 0 fully saturated rings. The first kappa shape index (κ1) is 13.3. The number of halogens is 2. The number of nitrogen functional groups attached to an aromatic ring is 1. The average molecular weight is 286 g/mol. The molecule has 21 heavy (non-hydrogen) atoms. The fourth-order valence-electron chi connectivity index (χ4n) is 2.10. The van der Waals surface area contributed by atoms with Crippen LogP contribution in [0.25, 0.3) is 10.8 Å². The third-order valence-corrected chi connectivity index (χ3v) is 3.14. The van der Waals surface area contributed by atoms with Crippen LogP contribution >= 0.6 is 0 Å². The van der Waals surface area contributed by atoms with E-state index in [1.165, 1.54) is 0 Å². The van der Waals surface area contributed by atoms with Crippen molar-refractivity contribution in [1.29, 1.82) is 0 Å². The van der Waals surface area contributed by atoms with Gasteiger partial charge in [-0.15, -0.1) is 0 Å². The minimum atomic E-state index is -0.632. The van der Waals surface area contributed by atoms with Gasteiger partial charge in [-0.05, 0) is 37.3 Å². The predicted octanol–water partition coefficient (Wildman–Crippen LogP) is 4.20. The van der Waals surface area contributed by atoms with Crippen LogP contribution in [0.1, 0.15) is 5.69 Å². The molecule has 0 radical (unpaired) electrons. The molecule has 2 aromatic carbocycles. The first-order chi connectivity index (χ1) is 10.0. The van der Waals surface area contributed by atoms with E-state index in [1.807, 2.05) is 6.92 Å². The molecule has 0 saturated carbocycles. The molecule has 0 aliphatic carbocycles. The van der Waals surface area contributed by atoms with Gasteiger partial charge in [0.15, 0.2) is 11.6 Å². The van der Waals surface area contributed by atoms with Crippen LogP contribution in [0.5, 0.6) is 11.5 Å². The number of aryl methyl sites for hydroxylation is 1. The monoisotopic (exact) mass is 286 g/mol. The van der Waals surface area contributed by atoms with Crippen molar-refractivity contribution in [1.82, 2.24) is 4.98 Å². The summed E-state index contributed by atoms with van der Waals surface area (Å²) in [7, 11) is 0. The van der Waals surface area contributed by atoms with Gasteiger partial charge >= 0.3 is 0 Å². The molecule has 0 saturated heterocycles. The largest absolute Gasteiger partial charge is 0.454 e. The van der Waals surface area contributed by atoms with E-state index < -0.39 is 11.6 Å². The number of rotatable bonds is 2. The highest BCUT2D eigenvalue weighted by molar-refractivity contribution is 5.96. The van der Waals surface area contributed by atoms with Crippen LogP contribution < -0.4 is 10.5 Å². The smallest absolute Gasteiger partial charge is 0.166 e. The van der Waals surface area contributed by atoms with Crippen LogP contribution in [0.15, 0.2) is 42.6 Å².